The first-order chi connectivity index (χ1) is 15.8. The lowest BCUT2D eigenvalue weighted by molar-refractivity contribution is -0.138. The number of carbonyl (C=O) groups excluding carboxylic acids is 3. The predicted molar refractivity (Wildman–Crippen MR) is 120 cm³/mol. The van der Waals surface area contributed by atoms with Gasteiger partial charge in [0.2, 0.25) is 5.91 Å². The molecule has 2 N–H and O–H groups in total. The number of benzene rings is 1. The topological polar surface area (TPSA) is 129 Å². The fourth-order valence-electron chi connectivity index (χ4n) is 3.55. The van der Waals surface area contributed by atoms with Gasteiger partial charge >= 0.3 is 12.1 Å². The summed E-state index contributed by atoms with van der Waals surface area (Å²) in [7, 11) is 0. The predicted octanol–water partition coefficient (Wildman–Crippen LogP) is 2.15. The molecule has 0 aliphatic carbocycles. The van der Waals surface area contributed by atoms with E-state index in [1.165, 1.54) is 15.9 Å². The third-order valence-corrected chi connectivity index (χ3v) is 5.58. The Bertz CT molecular complexity index is 1050. The molecule has 10 nitrogen and oxygen atoms in total. The van der Waals surface area contributed by atoms with Crippen LogP contribution < -0.4 is 5.32 Å². The van der Waals surface area contributed by atoms with Crippen molar-refractivity contribution in [3.63, 3.8) is 0 Å². The van der Waals surface area contributed by atoms with Crippen LogP contribution in [0.5, 0.6) is 0 Å². The van der Waals surface area contributed by atoms with E-state index in [2.05, 4.69) is 10.3 Å². The lowest BCUT2D eigenvalue weighted by Crippen LogP contribution is -2.56. The van der Waals surface area contributed by atoms with E-state index in [1.54, 1.807) is 31.2 Å². The number of nitrogens with zero attached hydrogens (tertiary/aromatic N) is 3. The molecule has 3 rings (SSSR count). The molecule has 1 saturated heterocycles. The second-order valence-electron chi connectivity index (χ2n) is 7.48. The van der Waals surface area contributed by atoms with E-state index in [1.807, 2.05) is 0 Å². The zero-order valence-corrected chi connectivity index (χ0v) is 18.9. The Morgan fingerprint density at radius 3 is 2.48 bits per heavy atom. The van der Waals surface area contributed by atoms with Gasteiger partial charge in [0.05, 0.1) is 17.1 Å². The number of halogens is 1. The Balaban J connectivity index is 1.72. The first-order valence-electron chi connectivity index (χ1n) is 10.6. The quantitative estimate of drug-likeness (QED) is 0.626. The molecule has 0 saturated carbocycles. The Hall–Kier alpha value is -3.40. The van der Waals surface area contributed by atoms with Gasteiger partial charge in [0.15, 0.2) is 0 Å². The van der Waals surface area contributed by atoms with Gasteiger partial charge < -0.3 is 25.0 Å². The number of aliphatic carboxylic acids is 1. The molecule has 1 aromatic heterocycles. The maximum absolute atomic E-state index is 13.1. The van der Waals surface area contributed by atoms with Crippen molar-refractivity contribution in [1.82, 2.24) is 20.1 Å². The summed E-state index contributed by atoms with van der Waals surface area (Å²) in [6.45, 7) is 3.03. The number of nitrogens with one attached hydrogen (secondary N) is 1. The van der Waals surface area contributed by atoms with Crippen molar-refractivity contribution >= 4 is 46.4 Å². The zero-order valence-electron chi connectivity index (χ0n) is 18.1. The number of hydrogen-bond acceptors (Lipinski definition) is 6. The Morgan fingerprint density at radius 2 is 1.82 bits per heavy atom. The van der Waals surface area contributed by atoms with Crippen molar-refractivity contribution in [3.8, 4) is 0 Å². The van der Waals surface area contributed by atoms with Crippen molar-refractivity contribution in [2.45, 2.75) is 25.8 Å². The van der Waals surface area contributed by atoms with Gasteiger partial charge in [0, 0.05) is 38.0 Å². The van der Waals surface area contributed by atoms with Crippen LogP contribution >= 0.6 is 11.6 Å². The molecule has 1 aliphatic heterocycles. The van der Waals surface area contributed by atoms with E-state index < -0.39 is 29.9 Å². The van der Waals surface area contributed by atoms with E-state index in [0.717, 1.165) is 0 Å². The van der Waals surface area contributed by atoms with Crippen molar-refractivity contribution in [2.75, 3.05) is 32.8 Å². The number of carboxylic acid groups (broad SMARTS) is 1. The van der Waals surface area contributed by atoms with Crippen molar-refractivity contribution in [2.24, 2.45) is 0 Å². The lowest BCUT2D eigenvalue weighted by Gasteiger charge is -2.35. The van der Waals surface area contributed by atoms with Crippen LogP contribution in [0.25, 0.3) is 10.9 Å². The molecule has 0 radical (unpaired) electrons. The summed E-state index contributed by atoms with van der Waals surface area (Å²) in [4.78, 5) is 56.3. The third-order valence-electron chi connectivity index (χ3n) is 5.27. The molecule has 176 valence electrons. The molecule has 3 amide bonds. The number of pyridine rings is 1. The Morgan fingerprint density at radius 1 is 1.15 bits per heavy atom. The summed E-state index contributed by atoms with van der Waals surface area (Å²) < 4.78 is 4.97. The highest BCUT2D eigenvalue weighted by atomic mass is 35.5. The number of ether oxygens (including phenoxy) is 1. The van der Waals surface area contributed by atoms with Crippen LogP contribution in [0.15, 0.2) is 30.3 Å². The van der Waals surface area contributed by atoms with E-state index in [0.29, 0.717) is 15.9 Å². The molecular formula is C22H25ClN4O6. The largest absolute Gasteiger partial charge is 0.481 e. The Kier molecular flexibility index (Phi) is 8.05. The summed E-state index contributed by atoms with van der Waals surface area (Å²) in [6, 6.07) is 7.42. The van der Waals surface area contributed by atoms with E-state index in [9.17, 15) is 19.2 Å². The second-order valence-corrected chi connectivity index (χ2v) is 7.88. The van der Waals surface area contributed by atoms with E-state index in [-0.39, 0.29) is 51.3 Å². The normalized spacial score (nSPS) is 14.6. The van der Waals surface area contributed by atoms with Crippen molar-refractivity contribution < 1.29 is 29.0 Å². The van der Waals surface area contributed by atoms with Gasteiger partial charge in [0.25, 0.3) is 5.91 Å². The van der Waals surface area contributed by atoms with Crippen LogP contribution in [0.1, 0.15) is 30.3 Å². The van der Waals surface area contributed by atoms with Crippen LogP contribution in [0, 0.1) is 0 Å². The molecule has 1 atom stereocenters. The molecule has 2 heterocycles. The molecule has 1 aromatic carbocycles. The SMILES string of the molecule is CCOC(=O)N1CCN(C(=O)C(CCC(=O)O)NC(=O)c2cc(Cl)c3ccccc3n2)CC1. The lowest BCUT2D eigenvalue weighted by atomic mass is 10.1. The van der Waals surface area contributed by atoms with E-state index in [4.69, 9.17) is 21.4 Å². The average Bonchev–Trinajstić information content (AvgIpc) is 2.81. The first-order valence-corrected chi connectivity index (χ1v) is 11.0. The first kappa shape index (κ1) is 24.2. The van der Waals surface area contributed by atoms with Gasteiger partial charge in [-0.2, -0.15) is 0 Å². The number of amides is 3. The number of piperazine rings is 1. The van der Waals surface area contributed by atoms with Crippen LogP contribution in [-0.4, -0.2) is 82.6 Å². The maximum Gasteiger partial charge on any atom is 0.409 e. The summed E-state index contributed by atoms with van der Waals surface area (Å²) in [5.41, 5.74) is 0.553. The van der Waals surface area contributed by atoms with Crippen molar-refractivity contribution in [3.05, 3.63) is 41.0 Å². The average molecular weight is 477 g/mol. The number of carbonyl (C=O) groups is 4. The highest BCUT2D eigenvalue weighted by Crippen LogP contribution is 2.23. The molecule has 0 spiro atoms. The maximum atomic E-state index is 13.1. The van der Waals surface area contributed by atoms with Gasteiger partial charge in [-0.1, -0.05) is 29.8 Å². The van der Waals surface area contributed by atoms with Crippen LogP contribution in [0.3, 0.4) is 0 Å². The molecule has 1 fully saturated rings. The van der Waals surface area contributed by atoms with Crippen LogP contribution in [0.2, 0.25) is 5.02 Å². The van der Waals surface area contributed by atoms with Gasteiger partial charge in [-0.05, 0) is 25.5 Å². The molecule has 1 aliphatic rings. The van der Waals surface area contributed by atoms with Crippen molar-refractivity contribution in [1.29, 1.82) is 0 Å². The number of aromatic nitrogens is 1. The molecule has 0 bridgehead atoms. The molecule has 33 heavy (non-hydrogen) atoms. The van der Waals surface area contributed by atoms with Gasteiger partial charge in [-0.3, -0.25) is 14.4 Å². The number of carboxylic acids is 1. The summed E-state index contributed by atoms with van der Waals surface area (Å²) in [5, 5.41) is 12.7. The minimum Gasteiger partial charge on any atom is -0.481 e. The highest BCUT2D eigenvalue weighted by molar-refractivity contribution is 6.35. The summed E-state index contributed by atoms with van der Waals surface area (Å²) in [6.07, 6.45) is -0.829. The minimum absolute atomic E-state index is 0.0268. The van der Waals surface area contributed by atoms with Gasteiger partial charge in [0.1, 0.15) is 11.7 Å². The van der Waals surface area contributed by atoms with Crippen LogP contribution in [0.4, 0.5) is 4.79 Å². The summed E-state index contributed by atoms with van der Waals surface area (Å²) in [5.74, 6) is -2.13. The Labute approximate surface area is 195 Å². The molecule has 2 aromatic rings. The molecular weight excluding hydrogens is 452 g/mol. The standard InChI is InChI=1S/C22H25ClN4O6/c1-2-33-22(32)27-11-9-26(10-12-27)21(31)17(7-8-19(28)29)25-20(30)18-13-15(23)14-5-3-4-6-16(14)24-18/h3-6,13,17H,2,7-12H2,1H3,(H,25,30)(H,28,29). The number of para-hydroxylation sites is 1. The zero-order chi connectivity index (χ0) is 24.0. The summed E-state index contributed by atoms with van der Waals surface area (Å²) >= 11 is 6.28. The fourth-order valence-corrected chi connectivity index (χ4v) is 3.81. The highest BCUT2D eigenvalue weighted by Gasteiger charge is 2.31. The third kappa shape index (κ3) is 6.10. The van der Waals surface area contributed by atoms with Gasteiger partial charge in [-0.25, -0.2) is 9.78 Å². The number of fused-ring (bicyclic) bond motifs is 1. The second kappa shape index (κ2) is 11.0. The monoisotopic (exact) mass is 476 g/mol. The van der Waals surface area contributed by atoms with Crippen LogP contribution in [-0.2, 0) is 14.3 Å². The smallest absolute Gasteiger partial charge is 0.409 e. The van der Waals surface area contributed by atoms with E-state index >= 15 is 0 Å². The number of rotatable bonds is 7. The fraction of sp³-hybridized carbons (Fsp3) is 0.409. The molecule has 11 heteroatoms. The minimum atomic E-state index is -1.08. The number of hydrogen-bond donors (Lipinski definition) is 2. The van der Waals surface area contributed by atoms with Gasteiger partial charge in [-0.15, -0.1) is 0 Å². The molecule has 1 unspecified atom stereocenters.